The Morgan fingerprint density at radius 2 is 2.18 bits per heavy atom. The van der Waals surface area contributed by atoms with Gasteiger partial charge in [0.2, 0.25) is 5.89 Å². The van der Waals surface area contributed by atoms with Crippen molar-refractivity contribution in [3.05, 3.63) is 29.7 Å². The molecule has 1 heterocycles. The maximum atomic E-state index is 8.63. The number of oxazole rings is 1. The highest BCUT2D eigenvalue weighted by molar-refractivity contribution is 5.81. The van der Waals surface area contributed by atoms with E-state index in [1.807, 2.05) is 13.0 Å². The lowest BCUT2D eigenvalue weighted by Crippen LogP contribution is -2.15. The van der Waals surface area contributed by atoms with Crippen molar-refractivity contribution in [2.45, 2.75) is 20.3 Å². The first-order chi connectivity index (χ1) is 10.6. The lowest BCUT2D eigenvalue weighted by Gasteiger charge is -2.09. The van der Waals surface area contributed by atoms with Crippen molar-refractivity contribution in [2.75, 3.05) is 13.7 Å². The summed E-state index contributed by atoms with van der Waals surface area (Å²) in [6, 6.07) is 5.44. The first-order valence-electron chi connectivity index (χ1n) is 6.83. The monoisotopic (exact) mass is 305 g/mol. The molecule has 0 saturated carbocycles. The second-order valence-electron chi connectivity index (χ2n) is 4.59. The van der Waals surface area contributed by atoms with Gasteiger partial charge in [0.05, 0.1) is 25.8 Å². The normalized spacial score (nSPS) is 11.5. The lowest BCUT2D eigenvalue weighted by molar-refractivity contribution is 0.311. The van der Waals surface area contributed by atoms with Crippen LogP contribution in [-0.2, 0) is 6.42 Å². The summed E-state index contributed by atoms with van der Waals surface area (Å²) >= 11 is 0. The van der Waals surface area contributed by atoms with Gasteiger partial charge in [-0.15, -0.1) is 0 Å². The Morgan fingerprint density at radius 1 is 1.41 bits per heavy atom. The maximum absolute atomic E-state index is 8.63. The van der Waals surface area contributed by atoms with Crippen LogP contribution in [0.3, 0.4) is 0 Å². The molecule has 118 valence electrons. The summed E-state index contributed by atoms with van der Waals surface area (Å²) in [7, 11) is 1.58. The first-order valence-corrected chi connectivity index (χ1v) is 6.83. The fourth-order valence-corrected chi connectivity index (χ4v) is 2.00. The molecule has 0 radical (unpaired) electrons. The Hall–Kier alpha value is -2.70. The van der Waals surface area contributed by atoms with Crippen LogP contribution >= 0.6 is 0 Å². The van der Waals surface area contributed by atoms with E-state index in [4.69, 9.17) is 24.8 Å². The lowest BCUT2D eigenvalue weighted by atomic mass is 10.2. The van der Waals surface area contributed by atoms with E-state index in [9.17, 15) is 0 Å². The molecule has 2 rings (SSSR count). The molecule has 7 heteroatoms. The molecule has 0 aliphatic carbocycles. The number of aromatic nitrogens is 1. The van der Waals surface area contributed by atoms with Gasteiger partial charge in [-0.05, 0) is 32.0 Å². The first kappa shape index (κ1) is 15.7. The molecular weight excluding hydrogens is 286 g/mol. The van der Waals surface area contributed by atoms with Gasteiger partial charge >= 0.3 is 0 Å². The zero-order valence-electron chi connectivity index (χ0n) is 12.8. The average Bonchev–Trinajstić information content (AvgIpc) is 2.88. The number of amidine groups is 1. The molecule has 0 saturated heterocycles. The van der Waals surface area contributed by atoms with E-state index in [0.29, 0.717) is 35.5 Å². The Labute approximate surface area is 128 Å². The molecule has 7 nitrogen and oxygen atoms in total. The Balaban J connectivity index is 2.34. The molecule has 0 amide bonds. The molecule has 3 N–H and O–H groups in total. The molecule has 0 unspecified atom stereocenters. The smallest absolute Gasteiger partial charge is 0.226 e. The molecule has 1 aromatic heterocycles. The van der Waals surface area contributed by atoms with Gasteiger partial charge in [0.25, 0.3) is 0 Å². The summed E-state index contributed by atoms with van der Waals surface area (Å²) < 4.78 is 16.4. The van der Waals surface area contributed by atoms with Crippen LogP contribution in [0.5, 0.6) is 11.5 Å². The number of hydrogen-bond acceptors (Lipinski definition) is 6. The molecule has 0 atom stereocenters. The third-order valence-electron chi connectivity index (χ3n) is 3.08. The van der Waals surface area contributed by atoms with E-state index in [1.54, 1.807) is 26.2 Å². The van der Waals surface area contributed by atoms with Crippen LogP contribution in [0.2, 0.25) is 0 Å². The van der Waals surface area contributed by atoms with Crippen LogP contribution in [-0.4, -0.2) is 29.7 Å². The van der Waals surface area contributed by atoms with E-state index in [0.717, 1.165) is 5.56 Å². The molecule has 0 spiro atoms. The van der Waals surface area contributed by atoms with Crippen molar-refractivity contribution in [1.29, 1.82) is 0 Å². The number of benzene rings is 1. The maximum Gasteiger partial charge on any atom is 0.226 e. The Kier molecular flexibility index (Phi) is 4.88. The van der Waals surface area contributed by atoms with Crippen molar-refractivity contribution in [2.24, 2.45) is 10.9 Å². The number of nitrogens with two attached hydrogens (primary N) is 1. The highest BCUT2D eigenvalue weighted by Crippen LogP contribution is 2.32. The standard InChI is InChI=1S/C15H19N3O4/c1-4-21-12-6-5-10(7-13(12)20-3)15-17-11(9(2)22-15)8-14(16)18-19/h5-7,19H,4,8H2,1-3H3,(H2,16,18). The summed E-state index contributed by atoms with van der Waals surface area (Å²) in [6.45, 7) is 4.24. The highest BCUT2D eigenvalue weighted by Gasteiger charge is 2.15. The van der Waals surface area contributed by atoms with E-state index >= 15 is 0 Å². The second-order valence-corrected chi connectivity index (χ2v) is 4.59. The van der Waals surface area contributed by atoms with Crippen molar-refractivity contribution in [1.82, 2.24) is 4.98 Å². The van der Waals surface area contributed by atoms with Gasteiger partial charge in [0.1, 0.15) is 11.6 Å². The molecule has 0 aliphatic rings. The molecule has 0 aliphatic heterocycles. The van der Waals surface area contributed by atoms with Crippen molar-refractivity contribution in [3.63, 3.8) is 0 Å². The predicted molar refractivity (Wildman–Crippen MR) is 81.5 cm³/mol. The van der Waals surface area contributed by atoms with Gasteiger partial charge < -0.3 is 24.8 Å². The predicted octanol–water partition coefficient (Wildman–Crippen LogP) is 2.35. The summed E-state index contributed by atoms with van der Waals surface area (Å²) in [6.07, 6.45) is 0.222. The average molecular weight is 305 g/mol. The summed E-state index contributed by atoms with van der Waals surface area (Å²) in [5, 5.41) is 11.6. The minimum Gasteiger partial charge on any atom is -0.493 e. The van der Waals surface area contributed by atoms with Crippen molar-refractivity contribution in [3.8, 4) is 23.0 Å². The third kappa shape index (κ3) is 3.30. The minimum atomic E-state index is 0.0761. The summed E-state index contributed by atoms with van der Waals surface area (Å²) in [4.78, 5) is 4.38. The fraction of sp³-hybridized carbons (Fsp3) is 0.333. The van der Waals surface area contributed by atoms with Crippen LogP contribution in [0, 0.1) is 6.92 Å². The van der Waals surface area contributed by atoms with Gasteiger partial charge in [-0.3, -0.25) is 0 Å². The zero-order chi connectivity index (χ0) is 16.1. The van der Waals surface area contributed by atoms with Gasteiger partial charge in [0, 0.05) is 5.56 Å². The minimum absolute atomic E-state index is 0.0761. The Bertz CT molecular complexity index is 679. The number of ether oxygens (including phenoxy) is 2. The van der Waals surface area contributed by atoms with Crippen LogP contribution in [0.4, 0.5) is 0 Å². The van der Waals surface area contributed by atoms with E-state index in [-0.39, 0.29) is 12.3 Å². The highest BCUT2D eigenvalue weighted by atomic mass is 16.5. The van der Waals surface area contributed by atoms with Crippen LogP contribution in [0.1, 0.15) is 18.4 Å². The summed E-state index contributed by atoms with van der Waals surface area (Å²) in [5.41, 5.74) is 6.88. The number of rotatable bonds is 6. The number of nitrogens with zero attached hydrogens (tertiary/aromatic N) is 2. The SMILES string of the molecule is CCOc1ccc(-c2nc(C/C(N)=N\O)c(C)o2)cc1OC. The van der Waals surface area contributed by atoms with Gasteiger partial charge in [-0.2, -0.15) is 0 Å². The van der Waals surface area contributed by atoms with E-state index in [1.165, 1.54) is 0 Å². The van der Waals surface area contributed by atoms with Gasteiger partial charge in [0.15, 0.2) is 11.5 Å². The number of aryl methyl sites for hydroxylation is 1. The number of methoxy groups -OCH3 is 1. The fourth-order valence-electron chi connectivity index (χ4n) is 2.00. The third-order valence-corrected chi connectivity index (χ3v) is 3.08. The quantitative estimate of drug-likeness (QED) is 0.367. The summed E-state index contributed by atoms with van der Waals surface area (Å²) in [5.74, 6) is 2.41. The van der Waals surface area contributed by atoms with Crippen LogP contribution in [0.25, 0.3) is 11.5 Å². The molecular formula is C15H19N3O4. The van der Waals surface area contributed by atoms with E-state index < -0.39 is 0 Å². The molecule has 22 heavy (non-hydrogen) atoms. The molecule has 2 aromatic rings. The zero-order valence-corrected chi connectivity index (χ0v) is 12.8. The Morgan fingerprint density at radius 3 is 2.82 bits per heavy atom. The second kappa shape index (κ2) is 6.84. The molecule has 0 bridgehead atoms. The van der Waals surface area contributed by atoms with Crippen LogP contribution < -0.4 is 15.2 Å². The topological polar surface area (TPSA) is 103 Å². The molecule has 0 fully saturated rings. The number of hydrogen-bond donors (Lipinski definition) is 2. The van der Waals surface area contributed by atoms with Crippen molar-refractivity contribution >= 4 is 5.84 Å². The van der Waals surface area contributed by atoms with E-state index in [2.05, 4.69) is 10.1 Å². The van der Waals surface area contributed by atoms with Gasteiger partial charge in [-0.25, -0.2) is 4.98 Å². The number of oxime groups is 1. The molecule has 1 aromatic carbocycles. The van der Waals surface area contributed by atoms with Crippen molar-refractivity contribution < 1.29 is 19.1 Å². The van der Waals surface area contributed by atoms with Crippen LogP contribution in [0.15, 0.2) is 27.8 Å². The largest absolute Gasteiger partial charge is 0.493 e. The van der Waals surface area contributed by atoms with Gasteiger partial charge in [-0.1, -0.05) is 5.16 Å².